The van der Waals surface area contributed by atoms with Crippen LogP contribution in [0.1, 0.15) is 0 Å². The van der Waals surface area contributed by atoms with Crippen LogP contribution in [0.2, 0.25) is 0 Å². The summed E-state index contributed by atoms with van der Waals surface area (Å²) >= 11 is 5.11. The third-order valence-electron chi connectivity index (χ3n) is 4.46. The predicted octanol–water partition coefficient (Wildman–Crippen LogP) is 2.04. The number of fused-ring (bicyclic) bond motifs is 1. The lowest BCUT2D eigenvalue weighted by Gasteiger charge is -2.35. The smallest absolute Gasteiger partial charge is 0.246 e. The second-order valence-electron chi connectivity index (χ2n) is 5.96. The molecule has 26 heavy (non-hydrogen) atoms. The van der Waals surface area contributed by atoms with E-state index in [2.05, 4.69) is 10.2 Å². The number of aromatic nitrogens is 3. The van der Waals surface area contributed by atoms with E-state index < -0.39 is 10.0 Å². The number of rotatable bonds is 3. The van der Waals surface area contributed by atoms with E-state index in [-0.39, 0.29) is 10.7 Å². The monoisotopic (exact) mass is 393 g/mol. The van der Waals surface area contributed by atoms with E-state index in [1.54, 1.807) is 24.4 Å². The average molecular weight is 393 g/mol. The van der Waals surface area contributed by atoms with Gasteiger partial charge in [-0.3, -0.25) is 9.50 Å². The molecule has 0 aliphatic carbocycles. The van der Waals surface area contributed by atoms with E-state index in [9.17, 15) is 12.8 Å². The molecule has 1 saturated heterocycles. The van der Waals surface area contributed by atoms with Crippen LogP contribution in [0.5, 0.6) is 0 Å². The zero-order chi connectivity index (χ0) is 18.3. The van der Waals surface area contributed by atoms with Crippen LogP contribution in [0, 0.1) is 10.6 Å². The summed E-state index contributed by atoms with van der Waals surface area (Å²) in [6.45, 7) is 1.74. The summed E-state index contributed by atoms with van der Waals surface area (Å²) in [5.74, 6) is -0.291. The molecule has 1 aliphatic rings. The molecule has 0 saturated carbocycles. The van der Waals surface area contributed by atoms with E-state index in [1.807, 2.05) is 4.90 Å². The summed E-state index contributed by atoms with van der Waals surface area (Å²) in [5, 5.41) is 6.66. The van der Waals surface area contributed by atoms with Crippen LogP contribution >= 0.6 is 12.2 Å². The number of piperazine rings is 1. The number of H-pyrrole nitrogens is 1. The van der Waals surface area contributed by atoms with Crippen LogP contribution in [0.3, 0.4) is 0 Å². The highest BCUT2D eigenvalue weighted by atomic mass is 32.2. The normalized spacial score (nSPS) is 16.3. The van der Waals surface area contributed by atoms with Gasteiger partial charge in [0.05, 0.1) is 0 Å². The van der Waals surface area contributed by atoms with Gasteiger partial charge < -0.3 is 4.90 Å². The highest BCUT2D eigenvalue weighted by Gasteiger charge is 2.30. The molecule has 1 aliphatic heterocycles. The molecule has 7 nitrogen and oxygen atoms in total. The van der Waals surface area contributed by atoms with Crippen molar-refractivity contribution in [3.63, 3.8) is 0 Å². The summed E-state index contributed by atoms with van der Waals surface area (Å²) in [4.78, 5) is 2.17. The first-order valence-corrected chi connectivity index (χ1v) is 9.88. The second kappa shape index (κ2) is 6.45. The SMILES string of the molecule is O=S(=O)(c1cccn2c(=S)[nH]nc12)N1CCN(c2ccc(F)cc2)CC1. The van der Waals surface area contributed by atoms with Crippen LogP contribution in [0.4, 0.5) is 10.1 Å². The Bertz CT molecular complexity index is 1100. The highest BCUT2D eigenvalue weighted by molar-refractivity contribution is 7.89. The Balaban J connectivity index is 1.58. The maximum Gasteiger partial charge on any atom is 0.246 e. The third kappa shape index (κ3) is 2.89. The number of halogens is 1. The number of hydrogen-bond acceptors (Lipinski definition) is 5. The molecular weight excluding hydrogens is 377 g/mol. The fraction of sp³-hybridized carbons (Fsp3) is 0.250. The molecule has 0 bridgehead atoms. The number of aromatic amines is 1. The van der Waals surface area contributed by atoms with Gasteiger partial charge in [-0.2, -0.15) is 9.40 Å². The topological polar surface area (TPSA) is 73.7 Å². The number of nitrogens with one attached hydrogen (secondary N) is 1. The molecule has 0 amide bonds. The van der Waals surface area contributed by atoms with Gasteiger partial charge in [0.25, 0.3) is 0 Å². The average Bonchev–Trinajstić information content (AvgIpc) is 3.04. The Labute approximate surface area is 154 Å². The molecule has 3 heterocycles. The second-order valence-corrected chi connectivity index (χ2v) is 8.26. The van der Waals surface area contributed by atoms with E-state index in [4.69, 9.17) is 12.2 Å². The predicted molar refractivity (Wildman–Crippen MR) is 97.7 cm³/mol. The van der Waals surface area contributed by atoms with Crippen LogP contribution in [0.15, 0.2) is 47.5 Å². The number of hydrogen-bond donors (Lipinski definition) is 1. The maximum absolute atomic E-state index is 13.1. The van der Waals surface area contributed by atoms with Crippen molar-refractivity contribution in [2.45, 2.75) is 4.90 Å². The van der Waals surface area contributed by atoms with Gasteiger partial charge in [0, 0.05) is 38.1 Å². The van der Waals surface area contributed by atoms with Gasteiger partial charge in [-0.15, -0.1) is 0 Å². The largest absolute Gasteiger partial charge is 0.369 e. The Hall–Kier alpha value is -2.30. The lowest BCUT2D eigenvalue weighted by Crippen LogP contribution is -2.48. The summed E-state index contributed by atoms with van der Waals surface area (Å²) < 4.78 is 42.5. The van der Waals surface area contributed by atoms with Gasteiger partial charge in [-0.05, 0) is 48.6 Å². The standard InChI is InChI=1S/C16H16FN5O2S2/c17-12-3-5-13(6-4-12)20-8-10-21(11-9-20)26(23,24)14-2-1-7-22-15(14)18-19-16(22)25/h1-7H,8-11H2,(H,19,25). The summed E-state index contributed by atoms with van der Waals surface area (Å²) in [6, 6.07) is 9.38. The van der Waals surface area contributed by atoms with Gasteiger partial charge >= 0.3 is 0 Å². The van der Waals surface area contributed by atoms with Crippen molar-refractivity contribution in [1.82, 2.24) is 18.9 Å². The van der Waals surface area contributed by atoms with Crippen molar-refractivity contribution in [3.05, 3.63) is 53.2 Å². The van der Waals surface area contributed by atoms with Gasteiger partial charge in [-0.25, -0.2) is 12.8 Å². The molecule has 1 fully saturated rings. The number of pyridine rings is 1. The summed E-state index contributed by atoms with van der Waals surface area (Å²) in [6.07, 6.45) is 1.67. The minimum atomic E-state index is -3.69. The number of nitrogens with zero attached hydrogens (tertiary/aromatic N) is 4. The van der Waals surface area contributed by atoms with E-state index >= 15 is 0 Å². The quantitative estimate of drug-likeness (QED) is 0.690. The van der Waals surface area contributed by atoms with Crippen LogP contribution in [-0.4, -0.2) is 53.5 Å². The van der Waals surface area contributed by atoms with Crippen molar-refractivity contribution < 1.29 is 12.8 Å². The molecule has 0 spiro atoms. The van der Waals surface area contributed by atoms with Crippen LogP contribution in [-0.2, 0) is 10.0 Å². The first-order chi connectivity index (χ1) is 12.5. The van der Waals surface area contributed by atoms with Crippen LogP contribution in [0.25, 0.3) is 5.65 Å². The molecule has 1 aromatic carbocycles. The minimum Gasteiger partial charge on any atom is -0.369 e. The Kier molecular flexibility index (Phi) is 4.25. The molecular formula is C16H16FN5O2S2. The van der Waals surface area contributed by atoms with Crippen LogP contribution < -0.4 is 4.90 Å². The van der Waals surface area contributed by atoms with Gasteiger partial charge in [-0.1, -0.05) is 0 Å². The van der Waals surface area contributed by atoms with E-state index in [0.29, 0.717) is 36.6 Å². The molecule has 4 rings (SSSR count). The Morgan fingerprint density at radius 1 is 1.08 bits per heavy atom. The summed E-state index contributed by atoms with van der Waals surface area (Å²) in [5.41, 5.74) is 1.17. The number of benzene rings is 1. The Morgan fingerprint density at radius 3 is 2.46 bits per heavy atom. The first-order valence-electron chi connectivity index (χ1n) is 8.03. The van der Waals surface area contributed by atoms with Crippen molar-refractivity contribution in [2.24, 2.45) is 0 Å². The molecule has 2 aromatic heterocycles. The zero-order valence-corrected chi connectivity index (χ0v) is 15.3. The highest BCUT2D eigenvalue weighted by Crippen LogP contribution is 2.23. The molecule has 0 radical (unpaired) electrons. The summed E-state index contributed by atoms with van der Waals surface area (Å²) in [7, 11) is -3.69. The molecule has 0 unspecified atom stereocenters. The van der Waals surface area contributed by atoms with Crippen molar-refractivity contribution in [3.8, 4) is 0 Å². The molecule has 1 N–H and O–H groups in total. The Morgan fingerprint density at radius 2 is 1.77 bits per heavy atom. The number of anilines is 1. The van der Waals surface area contributed by atoms with E-state index in [1.165, 1.54) is 26.9 Å². The van der Waals surface area contributed by atoms with Crippen molar-refractivity contribution in [1.29, 1.82) is 0 Å². The molecule has 136 valence electrons. The van der Waals surface area contributed by atoms with E-state index in [0.717, 1.165) is 5.69 Å². The molecule has 10 heteroatoms. The zero-order valence-electron chi connectivity index (χ0n) is 13.7. The van der Waals surface area contributed by atoms with Crippen molar-refractivity contribution in [2.75, 3.05) is 31.1 Å². The maximum atomic E-state index is 13.1. The first kappa shape index (κ1) is 17.1. The number of sulfonamides is 1. The van der Waals surface area contributed by atoms with Crippen molar-refractivity contribution >= 4 is 33.6 Å². The van der Waals surface area contributed by atoms with Gasteiger partial charge in [0.15, 0.2) is 10.4 Å². The van der Waals surface area contributed by atoms with Gasteiger partial charge in [0.2, 0.25) is 10.0 Å². The third-order valence-corrected chi connectivity index (χ3v) is 6.66. The lowest BCUT2D eigenvalue weighted by atomic mass is 10.2. The molecule has 0 atom stereocenters. The fourth-order valence-corrected chi connectivity index (χ4v) is 4.83. The fourth-order valence-electron chi connectivity index (χ4n) is 3.09. The molecule has 3 aromatic rings. The lowest BCUT2D eigenvalue weighted by molar-refractivity contribution is 0.385. The minimum absolute atomic E-state index is 0.127. The van der Waals surface area contributed by atoms with Gasteiger partial charge in [0.1, 0.15) is 10.7 Å².